The third-order valence-corrected chi connectivity index (χ3v) is 3.49. The van der Waals surface area contributed by atoms with Crippen molar-refractivity contribution in [3.63, 3.8) is 0 Å². The van der Waals surface area contributed by atoms with E-state index in [0.29, 0.717) is 13.1 Å². The Labute approximate surface area is 128 Å². The molecule has 0 aliphatic rings. The lowest BCUT2D eigenvalue weighted by molar-refractivity contribution is 0.248. The van der Waals surface area contributed by atoms with Crippen LogP contribution in [0.5, 0.6) is 0 Å². The summed E-state index contributed by atoms with van der Waals surface area (Å²) in [5.74, 6) is 0.781. The summed E-state index contributed by atoms with van der Waals surface area (Å²) in [4.78, 5) is 15.5. The van der Waals surface area contributed by atoms with Crippen LogP contribution in [0.3, 0.4) is 0 Å². The van der Waals surface area contributed by atoms with Crippen molar-refractivity contribution in [1.82, 2.24) is 24.6 Å². The number of alkyl halides is 1. The van der Waals surface area contributed by atoms with Gasteiger partial charge in [-0.3, -0.25) is 4.68 Å². The lowest BCUT2D eigenvalue weighted by Gasteiger charge is -2.11. The maximum absolute atomic E-state index is 10.8. The lowest BCUT2D eigenvalue weighted by Crippen LogP contribution is -2.32. The highest BCUT2D eigenvalue weighted by Gasteiger charge is 2.21. The number of carbonyl (C=O) groups excluding carboxylic acids is 1. The second-order valence-corrected chi connectivity index (χ2v) is 5.68. The first-order chi connectivity index (χ1) is 9.95. The second-order valence-electron chi connectivity index (χ2n) is 5.02. The summed E-state index contributed by atoms with van der Waals surface area (Å²) < 4.78 is 3.81. The molecular weight excluding hydrogens is 292 g/mol. The minimum atomic E-state index is -0.538. The Morgan fingerprint density at radius 2 is 2.24 bits per heavy atom. The third-order valence-electron chi connectivity index (χ3n) is 3.30. The van der Waals surface area contributed by atoms with Gasteiger partial charge in [0.25, 0.3) is 0 Å². The normalized spacial score (nSPS) is 12.8. The van der Waals surface area contributed by atoms with Gasteiger partial charge in [0.2, 0.25) is 0 Å². The van der Waals surface area contributed by atoms with Crippen LogP contribution < -0.4 is 11.1 Å². The number of primary amides is 1. The van der Waals surface area contributed by atoms with E-state index in [-0.39, 0.29) is 5.38 Å². The Kier molecular flexibility index (Phi) is 4.72. The maximum Gasteiger partial charge on any atom is 0.312 e. The molecule has 2 aromatic rings. The Balaban J connectivity index is 2.44. The molecule has 2 rings (SSSR count). The minimum Gasteiger partial charge on any atom is -0.352 e. The van der Waals surface area contributed by atoms with Gasteiger partial charge in [0.15, 0.2) is 5.65 Å². The van der Waals surface area contributed by atoms with Crippen molar-refractivity contribution in [2.75, 3.05) is 6.54 Å². The van der Waals surface area contributed by atoms with E-state index in [0.717, 1.165) is 35.5 Å². The fraction of sp³-hybridized carbons (Fsp3) is 0.615. The summed E-state index contributed by atoms with van der Waals surface area (Å²) in [5.41, 5.74) is 7.89. The topological polar surface area (TPSA) is 90.8 Å². The predicted molar refractivity (Wildman–Crippen MR) is 82.3 cm³/mol. The van der Waals surface area contributed by atoms with Crippen LogP contribution in [0, 0.1) is 0 Å². The second kappa shape index (κ2) is 6.34. The molecule has 7 nitrogen and oxygen atoms in total. The number of nitrogens with zero attached hydrogens (tertiary/aromatic N) is 4. The highest BCUT2D eigenvalue weighted by atomic mass is 35.5. The number of nitrogens with two attached hydrogens (primary N) is 1. The number of rotatable bonds is 6. The Morgan fingerprint density at radius 1 is 1.52 bits per heavy atom. The molecule has 3 N–H and O–H groups in total. The average Bonchev–Trinajstić information content (AvgIpc) is 2.90. The zero-order valence-corrected chi connectivity index (χ0v) is 13.3. The van der Waals surface area contributed by atoms with Crippen LogP contribution in [0.4, 0.5) is 4.79 Å². The van der Waals surface area contributed by atoms with Gasteiger partial charge in [-0.25, -0.2) is 9.78 Å². The molecule has 21 heavy (non-hydrogen) atoms. The number of fused-ring (bicyclic) bond motifs is 1. The molecule has 0 bridgehead atoms. The number of carbonyl (C=O) groups is 1. The van der Waals surface area contributed by atoms with Gasteiger partial charge in [-0.15, -0.1) is 11.6 Å². The molecule has 0 aromatic carbocycles. The number of hydrogen-bond acceptors (Lipinski definition) is 3. The van der Waals surface area contributed by atoms with Crippen LogP contribution in [-0.2, 0) is 20.0 Å². The molecule has 0 aliphatic carbocycles. The molecule has 2 aromatic heterocycles. The highest BCUT2D eigenvalue weighted by Crippen LogP contribution is 2.26. The molecule has 0 saturated heterocycles. The molecule has 116 valence electrons. The summed E-state index contributed by atoms with van der Waals surface area (Å²) in [6.07, 6.45) is 1.89. The van der Waals surface area contributed by atoms with Crippen LogP contribution in [0.25, 0.3) is 11.2 Å². The Hall–Kier alpha value is -1.76. The predicted octanol–water partition coefficient (Wildman–Crippen LogP) is 1.69. The zero-order valence-electron chi connectivity index (χ0n) is 12.6. The number of hydrogen-bond donors (Lipinski definition) is 2. The number of imidazole rings is 1. The summed E-state index contributed by atoms with van der Waals surface area (Å²) in [5, 5.41) is 6.88. The fourth-order valence-electron chi connectivity index (χ4n) is 2.48. The van der Waals surface area contributed by atoms with Gasteiger partial charge in [0, 0.05) is 20.1 Å². The number of aryl methyl sites for hydroxylation is 2. The van der Waals surface area contributed by atoms with Crippen molar-refractivity contribution in [3.8, 4) is 0 Å². The first kappa shape index (κ1) is 15.6. The quantitative estimate of drug-likeness (QED) is 0.795. The van der Waals surface area contributed by atoms with Crippen molar-refractivity contribution < 1.29 is 4.79 Å². The fourth-order valence-corrected chi connectivity index (χ4v) is 2.65. The smallest absolute Gasteiger partial charge is 0.312 e. The maximum atomic E-state index is 10.8. The standard InChI is InChI=1S/C13H21ClN6O/c1-4-5-9-10-12(19(3)18-9)20(7-6-16-13(15)21)11(17-10)8(2)14/h8H,4-7H2,1-3H3,(H3,15,16,21). The Morgan fingerprint density at radius 3 is 2.81 bits per heavy atom. The molecule has 0 spiro atoms. The van der Waals surface area contributed by atoms with Crippen molar-refractivity contribution in [2.24, 2.45) is 12.8 Å². The molecule has 8 heteroatoms. The molecule has 0 saturated carbocycles. The number of amides is 2. The first-order valence-electron chi connectivity index (χ1n) is 7.05. The van der Waals surface area contributed by atoms with Gasteiger partial charge in [-0.2, -0.15) is 5.10 Å². The highest BCUT2D eigenvalue weighted by molar-refractivity contribution is 6.20. The number of nitrogens with one attached hydrogen (secondary N) is 1. The third kappa shape index (κ3) is 3.12. The van der Waals surface area contributed by atoms with E-state index in [2.05, 4.69) is 22.3 Å². The SMILES string of the molecule is CCCc1nn(C)c2c1nc(C(C)Cl)n2CCNC(N)=O. The van der Waals surface area contributed by atoms with Gasteiger partial charge < -0.3 is 15.6 Å². The van der Waals surface area contributed by atoms with Crippen molar-refractivity contribution in [3.05, 3.63) is 11.5 Å². The monoisotopic (exact) mass is 312 g/mol. The van der Waals surface area contributed by atoms with E-state index in [1.165, 1.54) is 0 Å². The van der Waals surface area contributed by atoms with E-state index in [1.54, 1.807) is 0 Å². The summed E-state index contributed by atoms with van der Waals surface area (Å²) >= 11 is 6.23. The molecule has 1 atom stereocenters. The van der Waals surface area contributed by atoms with Gasteiger partial charge in [-0.1, -0.05) is 13.3 Å². The largest absolute Gasteiger partial charge is 0.352 e. The van der Waals surface area contributed by atoms with Gasteiger partial charge in [0.1, 0.15) is 11.3 Å². The average molecular weight is 313 g/mol. The van der Waals surface area contributed by atoms with E-state index in [4.69, 9.17) is 17.3 Å². The number of halogens is 1. The molecule has 0 radical (unpaired) electrons. The van der Waals surface area contributed by atoms with Crippen LogP contribution in [0.2, 0.25) is 0 Å². The number of urea groups is 1. The first-order valence-corrected chi connectivity index (χ1v) is 7.48. The van der Waals surface area contributed by atoms with Crippen LogP contribution in [-0.4, -0.2) is 31.9 Å². The Bertz CT molecular complexity index is 645. The van der Waals surface area contributed by atoms with Gasteiger partial charge in [0.05, 0.1) is 11.1 Å². The molecule has 0 fully saturated rings. The lowest BCUT2D eigenvalue weighted by atomic mass is 10.2. The van der Waals surface area contributed by atoms with E-state index in [9.17, 15) is 4.79 Å². The van der Waals surface area contributed by atoms with Gasteiger partial charge >= 0.3 is 6.03 Å². The molecular formula is C13H21ClN6O. The molecule has 1 unspecified atom stereocenters. The van der Waals surface area contributed by atoms with Gasteiger partial charge in [-0.05, 0) is 13.3 Å². The van der Waals surface area contributed by atoms with E-state index in [1.807, 2.05) is 23.2 Å². The summed E-state index contributed by atoms with van der Waals surface area (Å²) in [6.45, 7) is 4.97. The zero-order chi connectivity index (χ0) is 15.6. The molecule has 2 heterocycles. The molecule has 2 amide bonds. The van der Waals surface area contributed by atoms with Crippen molar-refractivity contribution in [1.29, 1.82) is 0 Å². The van der Waals surface area contributed by atoms with Crippen molar-refractivity contribution in [2.45, 2.75) is 38.6 Å². The summed E-state index contributed by atoms with van der Waals surface area (Å²) in [7, 11) is 1.89. The van der Waals surface area contributed by atoms with E-state index >= 15 is 0 Å². The van der Waals surface area contributed by atoms with E-state index < -0.39 is 6.03 Å². The molecule has 0 aliphatic heterocycles. The van der Waals surface area contributed by atoms with Crippen LogP contribution in [0.15, 0.2) is 0 Å². The van der Waals surface area contributed by atoms with Crippen LogP contribution >= 0.6 is 11.6 Å². The summed E-state index contributed by atoms with van der Waals surface area (Å²) in [6, 6.07) is -0.538. The minimum absolute atomic E-state index is 0.222. The van der Waals surface area contributed by atoms with Crippen LogP contribution in [0.1, 0.15) is 37.2 Å². The number of aromatic nitrogens is 4. The van der Waals surface area contributed by atoms with Crippen molar-refractivity contribution >= 4 is 28.8 Å².